The van der Waals surface area contributed by atoms with Crippen LogP contribution in [-0.2, 0) is 9.53 Å². The van der Waals surface area contributed by atoms with Crippen LogP contribution < -0.4 is 16.0 Å². The van der Waals surface area contributed by atoms with Crippen LogP contribution in [0.5, 0.6) is 0 Å². The number of hydrogen-bond donors (Lipinski definition) is 3. The molecule has 1 rings (SSSR count). The summed E-state index contributed by atoms with van der Waals surface area (Å²) in [7, 11) is 1.59. The third-order valence-electron chi connectivity index (χ3n) is 3.04. The van der Waals surface area contributed by atoms with Crippen molar-refractivity contribution in [3.63, 3.8) is 0 Å². The first kappa shape index (κ1) is 18.0. The molecule has 1 aromatic rings. The minimum atomic E-state index is -0.138. The van der Waals surface area contributed by atoms with Crippen molar-refractivity contribution in [1.82, 2.24) is 10.6 Å². The van der Waals surface area contributed by atoms with Crippen LogP contribution in [-0.4, -0.2) is 45.2 Å². The molecule has 0 spiro atoms. The summed E-state index contributed by atoms with van der Waals surface area (Å²) >= 11 is 0. The van der Waals surface area contributed by atoms with Crippen molar-refractivity contribution >= 4 is 17.5 Å². The van der Waals surface area contributed by atoms with E-state index in [1.54, 1.807) is 31.4 Å². The van der Waals surface area contributed by atoms with E-state index >= 15 is 0 Å². The van der Waals surface area contributed by atoms with E-state index in [1.165, 1.54) is 0 Å². The van der Waals surface area contributed by atoms with Crippen molar-refractivity contribution in [2.75, 3.05) is 38.7 Å². The van der Waals surface area contributed by atoms with Gasteiger partial charge in [-0.3, -0.25) is 9.59 Å². The molecular formula is C16H25N3O3. The smallest absolute Gasteiger partial charge is 0.251 e. The summed E-state index contributed by atoms with van der Waals surface area (Å²) in [6.45, 7) is 3.98. The Hall–Kier alpha value is -2.08. The van der Waals surface area contributed by atoms with E-state index in [1.807, 2.05) is 0 Å². The summed E-state index contributed by atoms with van der Waals surface area (Å²) < 4.78 is 4.87. The van der Waals surface area contributed by atoms with E-state index in [0.717, 1.165) is 18.5 Å². The molecule has 0 bridgehead atoms. The second-order valence-electron chi connectivity index (χ2n) is 4.88. The zero-order valence-electron chi connectivity index (χ0n) is 13.3. The van der Waals surface area contributed by atoms with Crippen LogP contribution in [0.25, 0.3) is 0 Å². The van der Waals surface area contributed by atoms with E-state index < -0.39 is 0 Å². The van der Waals surface area contributed by atoms with Crippen LogP contribution in [0.4, 0.5) is 5.69 Å². The average Bonchev–Trinajstić information content (AvgIpc) is 2.54. The number of unbranched alkanes of at least 4 members (excludes halogenated alkanes) is 1. The highest BCUT2D eigenvalue weighted by Gasteiger charge is 2.05. The number of methoxy groups -OCH3 is 1. The van der Waals surface area contributed by atoms with E-state index in [0.29, 0.717) is 25.3 Å². The largest absolute Gasteiger partial charge is 0.383 e. The summed E-state index contributed by atoms with van der Waals surface area (Å²) in [5, 5.41) is 8.61. The van der Waals surface area contributed by atoms with E-state index in [2.05, 4.69) is 22.9 Å². The molecule has 3 N–H and O–H groups in total. The molecule has 6 heteroatoms. The van der Waals surface area contributed by atoms with Gasteiger partial charge in [-0.05, 0) is 30.7 Å². The summed E-state index contributed by atoms with van der Waals surface area (Å²) in [5.74, 6) is -0.171. The predicted octanol–water partition coefficient (Wildman–Crippen LogP) is 1.39. The van der Waals surface area contributed by atoms with Gasteiger partial charge < -0.3 is 20.7 Å². The van der Waals surface area contributed by atoms with Crippen LogP contribution in [0, 0.1) is 0 Å². The molecule has 0 aromatic heterocycles. The number of benzene rings is 1. The zero-order chi connectivity index (χ0) is 16.2. The van der Waals surface area contributed by atoms with Crippen LogP contribution in [0.1, 0.15) is 30.1 Å². The van der Waals surface area contributed by atoms with Gasteiger partial charge in [0.05, 0.1) is 13.2 Å². The first-order valence-corrected chi connectivity index (χ1v) is 7.55. The molecule has 22 heavy (non-hydrogen) atoms. The molecule has 1 aromatic carbocycles. The van der Waals surface area contributed by atoms with Gasteiger partial charge in [-0.2, -0.15) is 0 Å². The number of nitrogens with one attached hydrogen (secondary N) is 3. The molecular weight excluding hydrogens is 282 g/mol. The maximum absolute atomic E-state index is 11.8. The second-order valence-corrected chi connectivity index (χ2v) is 4.88. The minimum Gasteiger partial charge on any atom is -0.383 e. The SMILES string of the molecule is CCCCNC(=O)CNc1ccc(C(=O)NCCOC)cc1. The molecule has 2 amide bonds. The number of carbonyl (C=O) groups is 2. The quantitative estimate of drug-likeness (QED) is 0.571. The number of ether oxygens (including phenoxy) is 1. The molecule has 0 unspecified atom stereocenters. The van der Waals surface area contributed by atoms with Crippen molar-refractivity contribution in [2.45, 2.75) is 19.8 Å². The predicted molar refractivity (Wildman–Crippen MR) is 87.1 cm³/mol. The Morgan fingerprint density at radius 2 is 1.82 bits per heavy atom. The summed E-state index contributed by atoms with van der Waals surface area (Å²) in [5.41, 5.74) is 1.38. The Bertz CT molecular complexity index is 460. The lowest BCUT2D eigenvalue weighted by Crippen LogP contribution is -2.30. The highest BCUT2D eigenvalue weighted by Crippen LogP contribution is 2.09. The van der Waals surface area contributed by atoms with Gasteiger partial charge >= 0.3 is 0 Å². The number of carbonyl (C=O) groups excluding carboxylic acids is 2. The standard InChI is InChI=1S/C16H25N3O3/c1-3-4-9-17-15(20)12-19-14-7-5-13(6-8-14)16(21)18-10-11-22-2/h5-8,19H,3-4,9-12H2,1-2H3,(H,17,20)(H,18,21). The lowest BCUT2D eigenvalue weighted by atomic mass is 10.2. The first-order chi connectivity index (χ1) is 10.7. The number of amides is 2. The zero-order valence-corrected chi connectivity index (χ0v) is 13.3. The topological polar surface area (TPSA) is 79.5 Å². The molecule has 0 atom stereocenters. The van der Waals surface area contributed by atoms with Crippen LogP contribution >= 0.6 is 0 Å². The molecule has 0 fully saturated rings. The van der Waals surface area contributed by atoms with Gasteiger partial charge in [-0.15, -0.1) is 0 Å². The van der Waals surface area contributed by atoms with Crippen molar-refractivity contribution in [3.05, 3.63) is 29.8 Å². The Kier molecular flexibility index (Phi) is 8.67. The van der Waals surface area contributed by atoms with Crippen molar-refractivity contribution in [2.24, 2.45) is 0 Å². The maximum Gasteiger partial charge on any atom is 0.251 e. The van der Waals surface area contributed by atoms with Gasteiger partial charge in [0.2, 0.25) is 5.91 Å². The molecule has 122 valence electrons. The molecule has 0 radical (unpaired) electrons. The summed E-state index contributed by atoms with van der Waals surface area (Å²) in [4.78, 5) is 23.4. The molecule has 0 aliphatic carbocycles. The summed E-state index contributed by atoms with van der Waals surface area (Å²) in [6, 6.07) is 7.01. The highest BCUT2D eigenvalue weighted by atomic mass is 16.5. The summed E-state index contributed by atoms with van der Waals surface area (Å²) in [6.07, 6.45) is 2.04. The third kappa shape index (κ3) is 7.08. The Morgan fingerprint density at radius 3 is 2.45 bits per heavy atom. The average molecular weight is 307 g/mol. The van der Waals surface area contributed by atoms with Crippen molar-refractivity contribution < 1.29 is 14.3 Å². The second kappa shape index (κ2) is 10.6. The molecule has 0 saturated carbocycles. The molecule has 6 nitrogen and oxygen atoms in total. The van der Waals surface area contributed by atoms with Crippen LogP contribution in [0.2, 0.25) is 0 Å². The Labute approximate surface area is 131 Å². The lowest BCUT2D eigenvalue weighted by molar-refractivity contribution is -0.119. The monoisotopic (exact) mass is 307 g/mol. The van der Waals surface area contributed by atoms with Crippen molar-refractivity contribution in [1.29, 1.82) is 0 Å². The molecule has 0 aliphatic heterocycles. The third-order valence-corrected chi connectivity index (χ3v) is 3.04. The number of anilines is 1. The van der Waals surface area contributed by atoms with E-state index in [4.69, 9.17) is 4.74 Å². The highest BCUT2D eigenvalue weighted by molar-refractivity contribution is 5.94. The Morgan fingerprint density at radius 1 is 1.09 bits per heavy atom. The first-order valence-electron chi connectivity index (χ1n) is 7.55. The van der Waals surface area contributed by atoms with Crippen LogP contribution in [0.3, 0.4) is 0 Å². The van der Waals surface area contributed by atoms with E-state index in [-0.39, 0.29) is 18.4 Å². The number of rotatable bonds is 10. The minimum absolute atomic E-state index is 0.0326. The van der Waals surface area contributed by atoms with Gasteiger partial charge in [0, 0.05) is 31.5 Å². The van der Waals surface area contributed by atoms with Gasteiger partial charge in [0.1, 0.15) is 0 Å². The molecule has 0 heterocycles. The number of hydrogen-bond acceptors (Lipinski definition) is 4. The molecule has 0 saturated heterocycles. The maximum atomic E-state index is 11.8. The van der Waals surface area contributed by atoms with Gasteiger partial charge in [-0.1, -0.05) is 13.3 Å². The fourth-order valence-electron chi connectivity index (χ4n) is 1.76. The fourth-order valence-corrected chi connectivity index (χ4v) is 1.76. The van der Waals surface area contributed by atoms with Gasteiger partial charge in [0.25, 0.3) is 5.91 Å². The Balaban J connectivity index is 2.35. The van der Waals surface area contributed by atoms with Crippen LogP contribution in [0.15, 0.2) is 24.3 Å². The normalized spacial score (nSPS) is 10.1. The fraction of sp³-hybridized carbons (Fsp3) is 0.500. The molecule has 0 aliphatic rings. The lowest BCUT2D eigenvalue weighted by Gasteiger charge is -2.08. The van der Waals surface area contributed by atoms with Gasteiger partial charge in [0.15, 0.2) is 0 Å². The van der Waals surface area contributed by atoms with Crippen molar-refractivity contribution in [3.8, 4) is 0 Å². The van der Waals surface area contributed by atoms with E-state index in [9.17, 15) is 9.59 Å². The van der Waals surface area contributed by atoms with Gasteiger partial charge in [-0.25, -0.2) is 0 Å².